The lowest BCUT2D eigenvalue weighted by atomic mass is 10.1. The van der Waals surface area contributed by atoms with Crippen LogP contribution in [0.15, 0.2) is 60.8 Å². The van der Waals surface area contributed by atoms with E-state index in [1.807, 2.05) is 0 Å². The summed E-state index contributed by atoms with van der Waals surface area (Å²) in [5.41, 5.74) is -0.0447. The molecule has 35 heavy (non-hydrogen) atoms. The first-order valence-corrected chi connectivity index (χ1v) is 10.4. The number of hydrogen-bond donors (Lipinski definition) is 1. The Kier molecular flexibility index (Phi) is 7.02. The van der Waals surface area contributed by atoms with Crippen molar-refractivity contribution < 1.29 is 31.5 Å². The minimum atomic E-state index is -2.24. The molecule has 0 saturated heterocycles. The second-order valence-corrected chi connectivity index (χ2v) is 7.78. The van der Waals surface area contributed by atoms with Gasteiger partial charge in [0.25, 0.3) is 5.91 Å². The number of rotatable bonds is 7. The van der Waals surface area contributed by atoms with Gasteiger partial charge in [-0.1, -0.05) is 23.7 Å². The van der Waals surface area contributed by atoms with Gasteiger partial charge in [0.15, 0.2) is 29.1 Å². The average Bonchev–Trinajstić information content (AvgIpc) is 3.30. The molecule has 4 aromatic rings. The lowest BCUT2D eigenvalue weighted by molar-refractivity contribution is 0.102. The van der Waals surface area contributed by atoms with Crippen molar-refractivity contribution >= 4 is 23.3 Å². The van der Waals surface area contributed by atoms with E-state index >= 15 is 0 Å². The molecule has 1 amide bonds. The van der Waals surface area contributed by atoms with E-state index in [0.717, 1.165) is 4.68 Å². The van der Waals surface area contributed by atoms with E-state index in [1.165, 1.54) is 12.3 Å². The predicted octanol–water partition coefficient (Wildman–Crippen LogP) is 6.11. The van der Waals surface area contributed by atoms with Gasteiger partial charge in [0, 0.05) is 22.8 Å². The molecule has 3 aromatic carbocycles. The summed E-state index contributed by atoms with van der Waals surface area (Å²) in [6.45, 7) is -0.543. The van der Waals surface area contributed by atoms with Crippen LogP contribution in [-0.4, -0.2) is 15.7 Å². The maximum absolute atomic E-state index is 13.9. The van der Waals surface area contributed by atoms with Crippen LogP contribution in [0.2, 0.25) is 5.02 Å². The number of carbonyl (C=O) groups is 1. The number of ether oxygens (including phenoxy) is 1. The summed E-state index contributed by atoms with van der Waals surface area (Å²) in [7, 11) is 0. The van der Waals surface area contributed by atoms with E-state index in [1.54, 1.807) is 48.5 Å². The molecule has 180 valence electrons. The number of aromatic nitrogens is 2. The molecule has 11 heteroatoms. The molecule has 0 fully saturated rings. The molecule has 5 nitrogen and oxygen atoms in total. The molecule has 1 aromatic heterocycles. The maximum atomic E-state index is 13.9. The Labute approximate surface area is 200 Å². The minimum absolute atomic E-state index is 0.0155. The zero-order valence-corrected chi connectivity index (χ0v) is 18.4. The lowest BCUT2D eigenvalue weighted by Crippen LogP contribution is -2.14. The first-order chi connectivity index (χ1) is 16.7. The van der Waals surface area contributed by atoms with E-state index in [-0.39, 0.29) is 18.0 Å². The second kappa shape index (κ2) is 10.1. The molecule has 0 aliphatic rings. The Bertz CT molecular complexity index is 1360. The van der Waals surface area contributed by atoms with Gasteiger partial charge >= 0.3 is 0 Å². The third-order valence-corrected chi connectivity index (χ3v) is 5.16. The van der Waals surface area contributed by atoms with Gasteiger partial charge in [0.1, 0.15) is 12.4 Å². The molecule has 0 bridgehead atoms. The third kappa shape index (κ3) is 5.43. The van der Waals surface area contributed by atoms with E-state index in [0.29, 0.717) is 16.3 Å². The van der Waals surface area contributed by atoms with Gasteiger partial charge in [-0.25, -0.2) is 22.0 Å². The Morgan fingerprint density at radius 1 is 0.914 bits per heavy atom. The third-order valence-electron chi connectivity index (χ3n) is 4.91. The highest BCUT2D eigenvalue weighted by Gasteiger charge is 2.26. The number of halogens is 6. The summed E-state index contributed by atoms with van der Waals surface area (Å²) >= 11 is 5.84. The molecular formula is C24H15ClF5N3O2. The molecule has 0 spiro atoms. The molecule has 0 aliphatic carbocycles. The fraction of sp³-hybridized carbons (Fsp3) is 0.0833. The van der Waals surface area contributed by atoms with Crippen molar-refractivity contribution in [2.24, 2.45) is 0 Å². The number of benzene rings is 3. The molecule has 1 N–H and O–H groups in total. The van der Waals surface area contributed by atoms with Crippen LogP contribution in [0.5, 0.6) is 5.75 Å². The van der Waals surface area contributed by atoms with Gasteiger partial charge in [0.05, 0.1) is 12.1 Å². The highest BCUT2D eigenvalue weighted by Crippen LogP contribution is 2.24. The topological polar surface area (TPSA) is 56.2 Å². The Balaban J connectivity index is 1.42. The van der Waals surface area contributed by atoms with Crippen molar-refractivity contribution in [1.82, 2.24) is 9.78 Å². The first-order valence-electron chi connectivity index (χ1n) is 10.1. The fourth-order valence-electron chi connectivity index (χ4n) is 3.16. The summed E-state index contributed by atoms with van der Waals surface area (Å²) in [5.74, 6) is -10.1. The summed E-state index contributed by atoms with van der Waals surface area (Å²) in [5, 5.41) is 7.00. The standard InChI is InChI=1S/C24H15ClF5N3O2/c25-15-4-6-16(7-5-15)35-12-13-2-1-3-14(10-13)24(34)31-18-8-9-33(32-18)11-17-19(26)21(28)23(30)22(29)20(17)27/h1-10H,11-12H2,(H,31,32,34). The molecule has 0 aliphatic heterocycles. The number of hydrogen-bond acceptors (Lipinski definition) is 3. The molecule has 1 heterocycles. The zero-order valence-electron chi connectivity index (χ0n) is 17.7. The summed E-state index contributed by atoms with van der Waals surface area (Å²) in [6.07, 6.45) is 1.23. The van der Waals surface area contributed by atoms with Crippen molar-refractivity contribution in [1.29, 1.82) is 0 Å². The van der Waals surface area contributed by atoms with Crippen molar-refractivity contribution in [2.75, 3.05) is 5.32 Å². The zero-order chi connectivity index (χ0) is 25.1. The molecule has 0 radical (unpaired) electrons. The highest BCUT2D eigenvalue weighted by molar-refractivity contribution is 6.30. The predicted molar refractivity (Wildman–Crippen MR) is 118 cm³/mol. The van der Waals surface area contributed by atoms with E-state index in [4.69, 9.17) is 16.3 Å². The van der Waals surface area contributed by atoms with E-state index < -0.39 is 47.1 Å². The van der Waals surface area contributed by atoms with Crippen LogP contribution < -0.4 is 10.1 Å². The van der Waals surface area contributed by atoms with Crippen LogP contribution in [0, 0.1) is 29.1 Å². The average molecular weight is 508 g/mol. The van der Waals surface area contributed by atoms with Gasteiger partial charge in [-0.15, -0.1) is 0 Å². The van der Waals surface area contributed by atoms with Crippen LogP contribution in [0.4, 0.5) is 27.8 Å². The van der Waals surface area contributed by atoms with Crippen LogP contribution in [0.1, 0.15) is 21.5 Å². The first kappa shape index (κ1) is 24.2. The van der Waals surface area contributed by atoms with Gasteiger partial charge in [-0.05, 0) is 42.0 Å². The van der Waals surface area contributed by atoms with Crippen LogP contribution in [0.3, 0.4) is 0 Å². The van der Waals surface area contributed by atoms with Crippen LogP contribution in [-0.2, 0) is 13.2 Å². The number of carbonyl (C=O) groups excluding carboxylic acids is 1. The molecule has 4 rings (SSSR count). The molecule has 0 unspecified atom stereocenters. The lowest BCUT2D eigenvalue weighted by Gasteiger charge is -2.09. The van der Waals surface area contributed by atoms with Crippen LogP contribution in [0.25, 0.3) is 0 Å². The van der Waals surface area contributed by atoms with Crippen LogP contribution >= 0.6 is 11.6 Å². The smallest absolute Gasteiger partial charge is 0.256 e. The van der Waals surface area contributed by atoms with Gasteiger partial charge < -0.3 is 10.1 Å². The Hall–Kier alpha value is -3.92. The van der Waals surface area contributed by atoms with Gasteiger partial charge in [-0.3, -0.25) is 9.48 Å². The number of nitrogens with zero attached hydrogens (tertiary/aromatic N) is 2. The molecular weight excluding hydrogens is 493 g/mol. The minimum Gasteiger partial charge on any atom is -0.489 e. The monoisotopic (exact) mass is 507 g/mol. The largest absolute Gasteiger partial charge is 0.489 e. The number of amides is 1. The van der Waals surface area contributed by atoms with Gasteiger partial charge in [-0.2, -0.15) is 5.10 Å². The maximum Gasteiger partial charge on any atom is 0.256 e. The molecule has 0 saturated carbocycles. The normalized spacial score (nSPS) is 10.9. The summed E-state index contributed by atoms with van der Waals surface area (Å²) < 4.78 is 74.4. The fourth-order valence-corrected chi connectivity index (χ4v) is 3.28. The Morgan fingerprint density at radius 3 is 2.26 bits per heavy atom. The highest BCUT2D eigenvalue weighted by atomic mass is 35.5. The number of nitrogens with one attached hydrogen (secondary N) is 1. The van der Waals surface area contributed by atoms with Crippen molar-refractivity contribution in [2.45, 2.75) is 13.2 Å². The quantitative estimate of drug-likeness (QED) is 0.186. The van der Waals surface area contributed by atoms with Gasteiger partial charge in [0.2, 0.25) is 5.82 Å². The summed E-state index contributed by atoms with van der Waals surface area (Å²) in [6, 6.07) is 14.7. The SMILES string of the molecule is O=C(Nc1ccn(Cc2c(F)c(F)c(F)c(F)c2F)n1)c1cccc(COc2ccc(Cl)cc2)c1. The van der Waals surface area contributed by atoms with Crippen molar-refractivity contribution in [3.8, 4) is 5.75 Å². The van der Waals surface area contributed by atoms with Crippen molar-refractivity contribution in [3.63, 3.8) is 0 Å². The second-order valence-electron chi connectivity index (χ2n) is 7.34. The van der Waals surface area contributed by atoms with Crippen molar-refractivity contribution in [3.05, 3.63) is 112 Å². The molecule has 0 atom stereocenters. The Morgan fingerprint density at radius 2 is 1.57 bits per heavy atom. The number of anilines is 1. The summed E-state index contributed by atoms with van der Waals surface area (Å²) in [4.78, 5) is 12.6. The van der Waals surface area contributed by atoms with E-state index in [2.05, 4.69) is 10.4 Å². The van der Waals surface area contributed by atoms with E-state index in [9.17, 15) is 26.7 Å².